The standard InChI is InChI=1S/C14H13N3O3/c1-10(18)15-12-5-2-6-13(8-12)16-14(19)11-4-3-7-17(20)9-11/h2-9H,1H3,(H,15,18)(H,16,19). The number of carbonyl (C=O) groups excluding carboxylic acids is 2. The largest absolute Gasteiger partial charge is 0.619 e. The molecule has 6 heteroatoms. The van der Waals surface area contributed by atoms with E-state index in [4.69, 9.17) is 0 Å². The van der Waals surface area contributed by atoms with Crippen LogP contribution in [0.25, 0.3) is 0 Å². The van der Waals surface area contributed by atoms with Gasteiger partial charge in [-0.05, 0) is 24.3 Å². The van der Waals surface area contributed by atoms with Crippen molar-refractivity contribution in [2.24, 2.45) is 0 Å². The van der Waals surface area contributed by atoms with Crippen molar-refractivity contribution in [1.82, 2.24) is 0 Å². The average Bonchev–Trinajstić information content (AvgIpc) is 2.38. The molecule has 0 unspecified atom stereocenters. The predicted octanol–water partition coefficient (Wildman–Crippen LogP) is 1.53. The number of benzene rings is 1. The summed E-state index contributed by atoms with van der Waals surface area (Å²) in [7, 11) is 0. The van der Waals surface area contributed by atoms with Crippen molar-refractivity contribution in [3.8, 4) is 0 Å². The van der Waals surface area contributed by atoms with E-state index < -0.39 is 5.91 Å². The second-order valence-corrected chi connectivity index (χ2v) is 4.17. The number of rotatable bonds is 3. The average molecular weight is 271 g/mol. The molecule has 0 fully saturated rings. The summed E-state index contributed by atoms with van der Waals surface area (Å²) in [5.74, 6) is -0.584. The number of hydrogen-bond acceptors (Lipinski definition) is 3. The van der Waals surface area contributed by atoms with Crippen LogP contribution in [0, 0.1) is 5.21 Å². The van der Waals surface area contributed by atoms with E-state index in [2.05, 4.69) is 10.6 Å². The molecular weight excluding hydrogens is 258 g/mol. The third-order valence-corrected chi connectivity index (χ3v) is 2.48. The van der Waals surface area contributed by atoms with Gasteiger partial charge in [-0.3, -0.25) is 9.59 Å². The maximum Gasteiger partial charge on any atom is 0.261 e. The number of carbonyl (C=O) groups is 2. The molecule has 0 aliphatic carbocycles. The van der Waals surface area contributed by atoms with Gasteiger partial charge in [0.1, 0.15) is 5.56 Å². The van der Waals surface area contributed by atoms with Crippen LogP contribution in [-0.4, -0.2) is 11.8 Å². The molecule has 1 aromatic carbocycles. The quantitative estimate of drug-likeness (QED) is 0.655. The lowest BCUT2D eigenvalue weighted by molar-refractivity contribution is -0.605. The second kappa shape index (κ2) is 5.83. The van der Waals surface area contributed by atoms with Gasteiger partial charge in [0, 0.05) is 24.4 Å². The van der Waals surface area contributed by atoms with Gasteiger partial charge in [-0.1, -0.05) is 6.07 Å². The van der Waals surface area contributed by atoms with E-state index >= 15 is 0 Å². The van der Waals surface area contributed by atoms with Crippen LogP contribution in [0.1, 0.15) is 17.3 Å². The van der Waals surface area contributed by atoms with E-state index in [1.807, 2.05) is 0 Å². The Morgan fingerprint density at radius 2 is 1.80 bits per heavy atom. The Balaban J connectivity index is 2.13. The molecule has 2 aromatic rings. The molecule has 0 radical (unpaired) electrons. The lowest BCUT2D eigenvalue weighted by Gasteiger charge is -2.07. The van der Waals surface area contributed by atoms with Gasteiger partial charge < -0.3 is 15.8 Å². The van der Waals surface area contributed by atoms with Gasteiger partial charge in [0.2, 0.25) is 5.91 Å². The predicted molar refractivity (Wildman–Crippen MR) is 74.1 cm³/mol. The Kier molecular flexibility index (Phi) is 3.95. The monoisotopic (exact) mass is 271 g/mol. The van der Waals surface area contributed by atoms with Crippen molar-refractivity contribution >= 4 is 23.2 Å². The SMILES string of the molecule is CC(=O)Nc1cccc(NC(=O)c2ccc[n+]([O-])c2)c1. The lowest BCUT2D eigenvalue weighted by Crippen LogP contribution is -2.27. The Labute approximate surface area is 115 Å². The second-order valence-electron chi connectivity index (χ2n) is 4.17. The summed E-state index contributed by atoms with van der Waals surface area (Å²) < 4.78 is 0.558. The third kappa shape index (κ3) is 3.55. The van der Waals surface area contributed by atoms with Crippen LogP contribution >= 0.6 is 0 Å². The Morgan fingerprint density at radius 3 is 2.45 bits per heavy atom. The van der Waals surface area contributed by atoms with Crippen molar-refractivity contribution in [2.75, 3.05) is 10.6 Å². The van der Waals surface area contributed by atoms with Crippen molar-refractivity contribution in [3.63, 3.8) is 0 Å². The third-order valence-electron chi connectivity index (χ3n) is 2.48. The number of anilines is 2. The van der Waals surface area contributed by atoms with Crippen molar-refractivity contribution < 1.29 is 14.3 Å². The molecule has 102 valence electrons. The normalized spacial score (nSPS) is 9.85. The first kappa shape index (κ1) is 13.5. The van der Waals surface area contributed by atoms with Crippen LogP contribution < -0.4 is 15.4 Å². The van der Waals surface area contributed by atoms with Crippen molar-refractivity contribution in [3.05, 3.63) is 59.6 Å². The van der Waals surface area contributed by atoms with Gasteiger partial charge in [-0.15, -0.1) is 0 Å². The van der Waals surface area contributed by atoms with E-state index in [9.17, 15) is 14.8 Å². The zero-order chi connectivity index (χ0) is 14.5. The van der Waals surface area contributed by atoms with Gasteiger partial charge in [0.15, 0.2) is 12.4 Å². The molecule has 0 saturated carbocycles. The van der Waals surface area contributed by atoms with Gasteiger partial charge in [0.05, 0.1) is 0 Å². The van der Waals surface area contributed by atoms with Crippen LogP contribution in [-0.2, 0) is 4.79 Å². The first-order valence-electron chi connectivity index (χ1n) is 5.92. The van der Waals surface area contributed by atoms with E-state index in [1.165, 1.54) is 25.4 Å². The topological polar surface area (TPSA) is 85.1 Å². The smallest absolute Gasteiger partial charge is 0.261 e. The highest BCUT2D eigenvalue weighted by Crippen LogP contribution is 2.15. The molecule has 6 nitrogen and oxygen atoms in total. The maximum atomic E-state index is 11.9. The lowest BCUT2D eigenvalue weighted by atomic mass is 10.2. The molecule has 0 aliphatic heterocycles. The summed E-state index contributed by atoms with van der Waals surface area (Å²) in [5.41, 5.74) is 1.37. The van der Waals surface area contributed by atoms with E-state index in [0.717, 1.165) is 0 Å². The van der Waals surface area contributed by atoms with Gasteiger partial charge in [0.25, 0.3) is 5.91 Å². The van der Waals surface area contributed by atoms with Crippen LogP contribution in [0.2, 0.25) is 0 Å². The first-order valence-corrected chi connectivity index (χ1v) is 5.92. The summed E-state index contributed by atoms with van der Waals surface area (Å²) in [5, 5.41) is 16.4. The van der Waals surface area contributed by atoms with Crippen LogP contribution in [0.4, 0.5) is 11.4 Å². The van der Waals surface area contributed by atoms with E-state index in [0.29, 0.717) is 16.1 Å². The molecule has 0 aliphatic rings. The van der Waals surface area contributed by atoms with Crippen LogP contribution in [0.15, 0.2) is 48.8 Å². The Bertz CT molecular complexity index is 656. The van der Waals surface area contributed by atoms with E-state index in [-0.39, 0.29) is 11.5 Å². The number of amides is 2. The van der Waals surface area contributed by atoms with Gasteiger partial charge in [-0.2, -0.15) is 4.73 Å². The molecule has 0 atom stereocenters. The van der Waals surface area contributed by atoms with Gasteiger partial charge in [-0.25, -0.2) is 0 Å². The van der Waals surface area contributed by atoms with E-state index in [1.54, 1.807) is 30.3 Å². The fraction of sp³-hybridized carbons (Fsp3) is 0.0714. The minimum atomic E-state index is -0.393. The van der Waals surface area contributed by atoms with Crippen LogP contribution in [0.3, 0.4) is 0 Å². The summed E-state index contributed by atoms with van der Waals surface area (Å²) in [6.07, 6.45) is 2.49. The maximum absolute atomic E-state index is 11.9. The molecule has 0 saturated heterocycles. The molecular formula is C14H13N3O3. The molecule has 2 rings (SSSR count). The summed E-state index contributed by atoms with van der Waals surface area (Å²) in [6.45, 7) is 1.40. The van der Waals surface area contributed by atoms with Gasteiger partial charge >= 0.3 is 0 Å². The minimum absolute atomic E-state index is 0.191. The number of hydrogen-bond donors (Lipinski definition) is 2. The van der Waals surface area contributed by atoms with Crippen molar-refractivity contribution in [1.29, 1.82) is 0 Å². The minimum Gasteiger partial charge on any atom is -0.619 e. The Morgan fingerprint density at radius 1 is 1.10 bits per heavy atom. The first-order chi connectivity index (χ1) is 9.54. The fourth-order valence-electron chi connectivity index (χ4n) is 1.67. The summed E-state index contributed by atoms with van der Waals surface area (Å²) >= 11 is 0. The molecule has 0 bridgehead atoms. The highest BCUT2D eigenvalue weighted by Gasteiger charge is 2.09. The van der Waals surface area contributed by atoms with Crippen molar-refractivity contribution in [2.45, 2.75) is 6.92 Å². The molecule has 1 aromatic heterocycles. The number of aromatic nitrogens is 1. The highest BCUT2D eigenvalue weighted by atomic mass is 16.5. The number of pyridine rings is 1. The highest BCUT2D eigenvalue weighted by molar-refractivity contribution is 6.04. The zero-order valence-electron chi connectivity index (χ0n) is 10.8. The zero-order valence-corrected chi connectivity index (χ0v) is 10.8. The number of nitrogens with one attached hydrogen (secondary N) is 2. The summed E-state index contributed by atoms with van der Waals surface area (Å²) in [4.78, 5) is 22.9. The summed E-state index contributed by atoms with van der Waals surface area (Å²) in [6, 6.07) is 9.78. The molecule has 2 N–H and O–H groups in total. The fourth-order valence-corrected chi connectivity index (χ4v) is 1.67. The molecule has 1 heterocycles. The molecule has 2 amide bonds. The number of nitrogens with zero attached hydrogens (tertiary/aromatic N) is 1. The Hall–Kier alpha value is -2.89. The molecule has 20 heavy (non-hydrogen) atoms. The molecule has 0 spiro atoms. The van der Waals surface area contributed by atoms with Crippen LogP contribution in [0.5, 0.6) is 0 Å².